The number of rotatable bonds is 9. The minimum Gasteiger partial charge on any atom is -0.497 e. The molecule has 0 fully saturated rings. The van der Waals surface area contributed by atoms with Crippen molar-refractivity contribution in [3.63, 3.8) is 0 Å². The lowest BCUT2D eigenvalue weighted by atomic mass is 10.1. The molecule has 1 rings (SSSR count). The summed E-state index contributed by atoms with van der Waals surface area (Å²) in [5, 5.41) is 12.2. The molecule has 0 aliphatic rings. The van der Waals surface area contributed by atoms with Gasteiger partial charge < -0.3 is 20.1 Å². The Balaban J connectivity index is 2.56. The standard InChI is InChI=1S/C15H26N2O2/c1-17(2)15(12-16-9-4-5-10-18)13-7-6-8-14(11-13)19-3/h6-8,11,15-16,18H,4-5,9-10,12H2,1-3H3. The van der Waals surface area contributed by atoms with E-state index in [9.17, 15) is 0 Å². The summed E-state index contributed by atoms with van der Waals surface area (Å²) in [6, 6.07) is 8.52. The summed E-state index contributed by atoms with van der Waals surface area (Å²) in [4.78, 5) is 2.20. The van der Waals surface area contributed by atoms with Gasteiger partial charge in [0.25, 0.3) is 0 Å². The van der Waals surface area contributed by atoms with Gasteiger partial charge in [-0.1, -0.05) is 12.1 Å². The van der Waals surface area contributed by atoms with Gasteiger partial charge in [-0.05, 0) is 51.2 Å². The molecule has 1 aromatic carbocycles. The number of benzene rings is 1. The van der Waals surface area contributed by atoms with Crippen molar-refractivity contribution >= 4 is 0 Å². The largest absolute Gasteiger partial charge is 0.497 e. The van der Waals surface area contributed by atoms with Crippen LogP contribution in [0.2, 0.25) is 0 Å². The second kappa shape index (κ2) is 8.91. The first-order valence-electron chi connectivity index (χ1n) is 6.81. The van der Waals surface area contributed by atoms with E-state index in [0.717, 1.165) is 31.7 Å². The summed E-state index contributed by atoms with van der Waals surface area (Å²) < 4.78 is 5.28. The quantitative estimate of drug-likeness (QED) is 0.667. The van der Waals surface area contributed by atoms with Crippen LogP contribution in [-0.2, 0) is 0 Å². The van der Waals surface area contributed by atoms with E-state index in [1.807, 2.05) is 12.1 Å². The molecule has 0 radical (unpaired) electrons. The van der Waals surface area contributed by atoms with Gasteiger partial charge in [0.1, 0.15) is 5.75 Å². The number of hydrogen-bond acceptors (Lipinski definition) is 4. The van der Waals surface area contributed by atoms with Gasteiger partial charge in [0.15, 0.2) is 0 Å². The van der Waals surface area contributed by atoms with Crippen molar-refractivity contribution in [2.75, 3.05) is 40.9 Å². The number of likely N-dealkylation sites (N-methyl/N-ethyl adjacent to an activating group) is 1. The number of hydrogen-bond donors (Lipinski definition) is 2. The van der Waals surface area contributed by atoms with E-state index in [4.69, 9.17) is 9.84 Å². The Morgan fingerprint density at radius 2 is 2.11 bits per heavy atom. The second-order valence-electron chi connectivity index (χ2n) is 4.89. The van der Waals surface area contributed by atoms with E-state index >= 15 is 0 Å². The van der Waals surface area contributed by atoms with Gasteiger partial charge in [0, 0.05) is 19.2 Å². The third-order valence-corrected chi connectivity index (χ3v) is 3.20. The minimum absolute atomic E-state index is 0.272. The maximum Gasteiger partial charge on any atom is 0.119 e. The Labute approximate surface area is 116 Å². The van der Waals surface area contributed by atoms with E-state index in [1.165, 1.54) is 5.56 Å². The first-order valence-corrected chi connectivity index (χ1v) is 6.81. The average Bonchev–Trinajstić information content (AvgIpc) is 2.42. The third kappa shape index (κ3) is 5.59. The highest BCUT2D eigenvalue weighted by Crippen LogP contribution is 2.21. The monoisotopic (exact) mass is 266 g/mol. The van der Waals surface area contributed by atoms with Crippen LogP contribution in [0.1, 0.15) is 24.4 Å². The molecule has 1 aromatic rings. The van der Waals surface area contributed by atoms with Crippen LogP contribution in [0.5, 0.6) is 5.75 Å². The molecular weight excluding hydrogens is 240 g/mol. The number of unbranched alkanes of at least 4 members (excludes halogenated alkanes) is 1. The van der Waals surface area contributed by atoms with E-state index < -0.39 is 0 Å². The van der Waals surface area contributed by atoms with Crippen LogP contribution in [0.25, 0.3) is 0 Å². The SMILES string of the molecule is COc1cccc(C(CNCCCCO)N(C)C)c1. The zero-order chi connectivity index (χ0) is 14.1. The second-order valence-corrected chi connectivity index (χ2v) is 4.89. The molecule has 2 N–H and O–H groups in total. The van der Waals surface area contributed by atoms with Gasteiger partial charge in [-0.2, -0.15) is 0 Å². The summed E-state index contributed by atoms with van der Waals surface area (Å²) in [6.45, 7) is 2.11. The number of nitrogens with zero attached hydrogens (tertiary/aromatic N) is 1. The highest BCUT2D eigenvalue weighted by atomic mass is 16.5. The van der Waals surface area contributed by atoms with E-state index in [-0.39, 0.29) is 6.61 Å². The third-order valence-electron chi connectivity index (χ3n) is 3.20. The van der Waals surface area contributed by atoms with Crippen molar-refractivity contribution in [1.82, 2.24) is 10.2 Å². The highest BCUT2D eigenvalue weighted by molar-refractivity contribution is 5.30. The maximum absolute atomic E-state index is 8.75. The van der Waals surface area contributed by atoms with Crippen LogP contribution in [-0.4, -0.2) is 50.9 Å². The van der Waals surface area contributed by atoms with Gasteiger partial charge in [0.2, 0.25) is 0 Å². The van der Waals surface area contributed by atoms with Gasteiger partial charge in [-0.3, -0.25) is 0 Å². The molecule has 0 saturated carbocycles. The molecule has 0 spiro atoms. The summed E-state index contributed by atoms with van der Waals surface area (Å²) in [5.41, 5.74) is 1.25. The van der Waals surface area contributed by atoms with Crippen molar-refractivity contribution in [3.05, 3.63) is 29.8 Å². The maximum atomic E-state index is 8.75. The minimum atomic E-state index is 0.272. The van der Waals surface area contributed by atoms with Crippen molar-refractivity contribution in [2.45, 2.75) is 18.9 Å². The lowest BCUT2D eigenvalue weighted by Crippen LogP contribution is -2.31. The first kappa shape index (κ1) is 16.0. The molecule has 0 bridgehead atoms. The molecule has 0 aliphatic carbocycles. The molecule has 1 atom stereocenters. The van der Waals surface area contributed by atoms with Crippen LogP contribution in [0.3, 0.4) is 0 Å². The van der Waals surface area contributed by atoms with Crippen molar-refractivity contribution in [2.24, 2.45) is 0 Å². The van der Waals surface area contributed by atoms with Crippen LogP contribution in [0.15, 0.2) is 24.3 Å². The van der Waals surface area contributed by atoms with Crippen molar-refractivity contribution < 1.29 is 9.84 Å². The van der Waals surface area contributed by atoms with Crippen molar-refractivity contribution in [1.29, 1.82) is 0 Å². The van der Waals surface area contributed by atoms with Crippen LogP contribution in [0, 0.1) is 0 Å². The average molecular weight is 266 g/mol. The van der Waals surface area contributed by atoms with Crippen molar-refractivity contribution in [3.8, 4) is 5.75 Å². The fraction of sp³-hybridized carbons (Fsp3) is 0.600. The molecule has 0 aromatic heterocycles. The molecule has 0 saturated heterocycles. The summed E-state index contributed by atoms with van der Waals surface area (Å²) in [5.74, 6) is 0.893. The Bertz CT molecular complexity index is 356. The molecule has 0 heterocycles. The summed E-state index contributed by atoms with van der Waals surface area (Å²) >= 11 is 0. The normalized spacial score (nSPS) is 12.7. The molecule has 108 valence electrons. The fourth-order valence-electron chi connectivity index (χ4n) is 2.05. The van der Waals surface area contributed by atoms with E-state index in [0.29, 0.717) is 6.04 Å². The Morgan fingerprint density at radius 1 is 1.32 bits per heavy atom. The van der Waals surface area contributed by atoms with Gasteiger partial charge >= 0.3 is 0 Å². The lowest BCUT2D eigenvalue weighted by molar-refractivity contribution is 0.274. The van der Waals surface area contributed by atoms with Crippen LogP contribution >= 0.6 is 0 Å². The topological polar surface area (TPSA) is 44.7 Å². The molecule has 0 amide bonds. The Morgan fingerprint density at radius 3 is 2.74 bits per heavy atom. The molecule has 4 heteroatoms. The number of ether oxygens (including phenoxy) is 1. The smallest absolute Gasteiger partial charge is 0.119 e. The van der Waals surface area contributed by atoms with Crippen LogP contribution < -0.4 is 10.1 Å². The molecule has 1 unspecified atom stereocenters. The molecular formula is C15H26N2O2. The molecule has 4 nitrogen and oxygen atoms in total. The van der Waals surface area contributed by atoms with Crippen LogP contribution in [0.4, 0.5) is 0 Å². The predicted octanol–water partition coefficient (Wildman–Crippen LogP) is 1.66. The zero-order valence-corrected chi connectivity index (χ0v) is 12.2. The molecule has 0 aliphatic heterocycles. The summed E-state index contributed by atoms with van der Waals surface area (Å²) in [7, 11) is 5.86. The first-order chi connectivity index (χ1) is 9.19. The van der Waals surface area contributed by atoms with Gasteiger partial charge in [-0.15, -0.1) is 0 Å². The fourth-order valence-corrected chi connectivity index (χ4v) is 2.05. The molecule has 19 heavy (non-hydrogen) atoms. The van der Waals surface area contributed by atoms with Gasteiger partial charge in [0.05, 0.1) is 7.11 Å². The Hall–Kier alpha value is -1.10. The number of aliphatic hydroxyl groups excluding tert-OH is 1. The van der Waals surface area contributed by atoms with E-state index in [2.05, 4.69) is 36.4 Å². The summed E-state index contributed by atoms with van der Waals surface area (Å²) in [6.07, 6.45) is 1.87. The zero-order valence-electron chi connectivity index (χ0n) is 12.2. The number of nitrogens with one attached hydrogen (secondary N) is 1. The van der Waals surface area contributed by atoms with E-state index in [1.54, 1.807) is 7.11 Å². The number of methoxy groups -OCH3 is 1. The Kier molecular flexibility index (Phi) is 7.48. The number of aliphatic hydroxyl groups is 1. The lowest BCUT2D eigenvalue weighted by Gasteiger charge is -2.25. The predicted molar refractivity (Wildman–Crippen MR) is 78.6 cm³/mol. The highest BCUT2D eigenvalue weighted by Gasteiger charge is 2.13. The van der Waals surface area contributed by atoms with Gasteiger partial charge in [-0.25, -0.2) is 0 Å².